The molecule has 0 fully saturated rings. The van der Waals surface area contributed by atoms with Crippen molar-refractivity contribution in [2.75, 3.05) is 7.11 Å². The van der Waals surface area contributed by atoms with Crippen LogP contribution in [0.5, 0.6) is 17.2 Å². The molecule has 0 spiro atoms. The van der Waals surface area contributed by atoms with Gasteiger partial charge in [0.1, 0.15) is 17.2 Å². The summed E-state index contributed by atoms with van der Waals surface area (Å²) in [6, 6.07) is 9.23. The quantitative estimate of drug-likeness (QED) is 0.457. The zero-order valence-corrected chi connectivity index (χ0v) is 15.9. The van der Waals surface area contributed by atoms with Gasteiger partial charge in [0, 0.05) is 15.9 Å². The molecule has 20 heavy (non-hydrogen) atoms. The van der Waals surface area contributed by atoms with Crippen LogP contribution in [0, 0.1) is 0 Å². The number of hydrogen-bond acceptors (Lipinski definition) is 2. The highest BCUT2D eigenvalue weighted by Gasteiger charge is 2.11. The fraction of sp³-hybridized carbons (Fsp3) is 0.143. The lowest BCUT2D eigenvalue weighted by Gasteiger charge is -2.13. The van der Waals surface area contributed by atoms with Gasteiger partial charge in [-0.25, -0.2) is 0 Å². The van der Waals surface area contributed by atoms with Gasteiger partial charge in [0.05, 0.1) is 16.1 Å². The third kappa shape index (κ3) is 3.70. The number of alkyl halides is 1. The topological polar surface area (TPSA) is 18.5 Å². The number of hydrogen-bond donors (Lipinski definition) is 0. The number of rotatable bonds is 4. The standard InChI is InChI=1S/C14H10Br3ClO2/c1-19-13-5-11(17)14(6-10(13)16)20-12-3-2-9(18)4-8(12)7-15/h2-6H,7H2,1H3. The molecule has 0 N–H and O–H groups in total. The second kappa shape index (κ2) is 7.16. The SMILES string of the molecule is COc1cc(Br)c(Oc2ccc(Cl)cc2CBr)cc1Br. The van der Waals surface area contributed by atoms with Crippen LogP contribution in [0.3, 0.4) is 0 Å². The lowest BCUT2D eigenvalue weighted by molar-refractivity contribution is 0.409. The van der Waals surface area contributed by atoms with Crippen molar-refractivity contribution >= 4 is 59.4 Å². The molecule has 0 radical (unpaired) electrons. The van der Waals surface area contributed by atoms with E-state index in [-0.39, 0.29) is 0 Å². The van der Waals surface area contributed by atoms with Crippen LogP contribution in [0.1, 0.15) is 5.56 Å². The van der Waals surface area contributed by atoms with Crippen molar-refractivity contribution in [3.63, 3.8) is 0 Å². The Labute approximate surface area is 147 Å². The van der Waals surface area contributed by atoms with Crippen LogP contribution < -0.4 is 9.47 Å². The van der Waals surface area contributed by atoms with Gasteiger partial charge in [-0.05, 0) is 62.2 Å². The first-order valence-electron chi connectivity index (χ1n) is 5.60. The fourth-order valence-electron chi connectivity index (χ4n) is 1.62. The molecule has 2 nitrogen and oxygen atoms in total. The van der Waals surface area contributed by atoms with Gasteiger partial charge in [-0.15, -0.1) is 0 Å². The zero-order valence-electron chi connectivity index (χ0n) is 10.4. The lowest BCUT2D eigenvalue weighted by atomic mass is 10.2. The van der Waals surface area contributed by atoms with E-state index in [1.807, 2.05) is 24.3 Å². The van der Waals surface area contributed by atoms with E-state index in [0.29, 0.717) is 16.1 Å². The molecule has 0 saturated carbocycles. The Kier molecular flexibility index (Phi) is 5.78. The van der Waals surface area contributed by atoms with Crippen LogP contribution in [0.2, 0.25) is 5.02 Å². The minimum absolute atomic E-state index is 0.665. The van der Waals surface area contributed by atoms with Crippen LogP contribution in [-0.2, 0) is 5.33 Å². The van der Waals surface area contributed by atoms with Crippen molar-refractivity contribution in [1.29, 1.82) is 0 Å². The Morgan fingerprint density at radius 3 is 2.30 bits per heavy atom. The van der Waals surface area contributed by atoms with Gasteiger partial charge in [0.2, 0.25) is 0 Å². The number of benzene rings is 2. The van der Waals surface area contributed by atoms with Crippen LogP contribution in [0.25, 0.3) is 0 Å². The van der Waals surface area contributed by atoms with Gasteiger partial charge >= 0.3 is 0 Å². The van der Waals surface area contributed by atoms with Crippen molar-refractivity contribution in [3.05, 3.63) is 49.9 Å². The van der Waals surface area contributed by atoms with Crippen LogP contribution in [-0.4, -0.2) is 7.11 Å². The Morgan fingerprint density at radius 2 is 1.65 bits per heavy atom. The summed E-state index contributed by atoms with van der Waals surface area (Å²) in [7, 11) is 1.62. The minimum atomic E-state index is 0.665. The Hall–Kier alpha value is -0.230. The highest BCUT2D eigenvalue weighted by atomic mass is 79.9. The summed E-state index contributed by atoms with van der Waals surface area (Å²) in [5.74, 6) is 2.19. The molecule has 0 aliphatic rings. The smallest absolute Gasteiger partial charge is 0.143 e. The van der Waals surface area contributed by atoms with Crippen molar-refractivity contribution in [3.8, 4) is 17.2 Å². The molecule has 0 bridgehead atoms. The first kappa shape index (κ1) is 16.1. The van der Waals surface area contributed by atoms with E-state index in [2.05, 4.69) is 47.8 Å². The molecular formula is C14H10Br3ClO2. The average molecular weight is 485 g/mol. The van der Waals surface area contributed by atoms with Crippen molar-refractivity contribution < 1.29 is 9.47 Å². The molecule has 0 aliphatic carbocycles. The third-order valence-electron chi connectivity index (χ3n) is 2.59. The molecule has 0 aromatic heterocycles. The summed E-state index contributed by atoms with van der Waals surface area (Å²) in [5, 5.41) is 1.35. The normalized spacial score (nSPS) is 10.4. The molecular weight excluding hydrogens is 475 g/mol. The number of methoxy groups -OCH3 is 1. The maximum atomic E-state index is 5.98. The predicted octanol–water partition coefficient (Wildman–Crippen LogP) is 6.56. The minimum Gasteiger partial charge on any atom is -0.496 e. The predicted molar refractivity (Wildman–Crippen MR) is 92.6 cm³/mol. The lowest BCUT2D eigenvalue weighted by Crippen LogP contribution is -1.92. The molecule has 0 unspecified atom stereocenters. The molecule has 0 heterocycles. The third-order valence-corrected chi connectivity index (χ3v) is 4.67. The highest BCUT2D eigenvalue weighted by Crippen LogP contribution is 2.39. The van der Waals surface area contributed by atoms with Crippen LogP contribution >= 0.6 is 59.4 Å². The van der Waals surface area contributed by atoms with Gasteiger partial charge in [-0.1, -0.05) is 27.5 Å². The molecule has 2 aromatic rings. The van der Waals surface area contributed by atoms with E-state index in [9.17, 15) is 0 Å². The van der Waals surface area contributed by atoms with E-state index >= 15 is 0 Å². The molecule has 0 saturated heterocycles. The van der Waals surface area contributed by atoms with Gasteiger partial charge < -0.3 is 9.47 Å². The van der Waals surface area contributed by atoms with E-state index in [1.54, 1.807) is 13.2 Å². The number of ether oxygens (including phenoxy) is 2. The molecule has 2 rings (SSSR count). The van der Waals surface area contributed by atoms with Gasteiger partial charge in [-0.3, -0.25) is 0 Å². The maximum absolute atomic E-state index is 5.98. The van der Waals surface area contributed by atoms with Crippen molar-refractivity contribution in [1.82, 2.24) is 0 Å². The molecule has 106 valence electrons. The molecule has 0 atom stereocenters. The first-order chi connectivity index (χ1) is 9.55. The molecule has 6 heteroatoms. The highest BCUT2D eigenvalue weighted by molar-refractivity contribution is 9.11. The summed E-state index contributed by atoms with van der Waals surface area (Å²) < 4.78 is 12.8. The van der Waals surface area contributed by atoms with Gasteiger partial charge in [-0.2, -0.15) is 0 Å². The number of halogens is 4. The van der Waals surface area contributed by atoms with Gasteiger partial charge in [0.25, 0.3) is 0 Å². The second-order valence-electron chi connectivity index (χ2n) is 3.90. The van der Waals surface area contributed by atoms with E-state index in [0.717, 1.165) is 26.0 Å². The van der Waals surface area contributed by atoms with Crippen LogP contribution in [0.4, 0.5) is 0 Å². The maximum Gasteiger partial charge on any atom is 0.143 e. The van der Waals surface area contributed by atoms with Gasteiger partial charge in [0.15, 0.2) is 0 Å². The molecule has 0 amide bonds. The van der Waals surface area contributed by atoms with E-state index in [4.69, 9.17) is 21.1 Å². The first-order valence-corrected chi connectivity index (χ1v) is 8.69. The fourth-order valence-corrected chi connectivity index (χ4v) is 3.14. The second-order valence-corrected chi connectivity index (χ2v) is 6.61. The summed E-state index contributed by atoms with van der Waals surface area (Å²) in [4.78, 5) is 0. The monoisotopic (exact) mass is 482 g/mol. The molecule has 0 aliphatic heterocycles. The largest absolute Gasteiger partial charge is 0.496 e. The summed E-state index contributed by atoms with van der Waals surface area (Å²) >= 11 is 16.3. The Morgan fingerprint density at radius 1 is 1.00 bits per heavy atom. The van der Waals surface area contributed by atoms with Crippen molar-refractivity contribution in [2.45, 2.75) is 5.33 Å². The average Bonchev–Trinajstić information content (AvgIpc) is 2.44. The Balaban J connectivity index is 2.37. The van der Waals surface area contributed by atoms with Crippen LogP contribution in [0.15, 0.2) is 39.3 Å². The summed E-state index contributed by atoms with van der Waals surface area (Å²) in [6.45, 7) is 0. The Bertz CT molecular complexity index is 632. The van der Waals surface area contributed by atoms with Crippen molar-refractivity contribution in [2.24, 2.45) is 0 Å². The summed E-state index contributed by atoms with van der Waals surface area (Å²) in [6.07, 6.45) is 0. The molecule has 2 aromatic carbocycles. The van der Waals surface area contributed by atoms with E-state index < -0.39 is 0 Å². The van der Waals surface area contributed by atoms with E-state index in [1.165, 1.54) is 0 Å². The summed E-state index contributed by atoms with van der Waals surface area (Å²) in [5.41, 5.74) is 0.983. The zero-order chi connectivity index (χ0) is 14.7.